The first-order chi connectivity index (χ1) is 13.9. The molecule has 0 aliphatic carbocycles. The molecule has 3 rings (SSSR count). The lowest BCUT2D eigenvalue weighted by Crippen LogP contribution is -2.33. The second kappa shape index (κ2) is 8.55. The maximum absolute atomic E-state index is 12.9. The van der Waals surface area contributed by atoms with Crippen molar-refractivity contribution in [1.29, 1.82) is 0 Å². The van der Waals surface area contributed by atoms with E-state index >= 15 is 0 Å². The number of aromatic nitrogens is 2. The Morgan fingerprint density at radius 2 is 1.93 bits per heavy atom. The van der Waals surface area contributed by atoms with Crippen LogP contribution in [0.4, 0.5) is 5.69 Å². The van der Waals surface area contributed by atoms with Crippen molar-refractivity contribution in [3.8, 4) is 0 Å². The van der Waals surface area contributed by atoms with E-state index < -0.39 is 11.9 Å². The predicted molar refractivity (Wildman–Crippen MR) is 108 cm³/mol. The number of carbonyl (C=O) groups excluding carboxylic acids is 3. The van der Waals surface area contributed by atoms with E-state index in [-0.39, 0.29) is 23.5 Å². The molecule has 0 saturated carbocycles. The summed E-state index contributed by atoms with van der Waals surface area (Å²) in [6.45, 7) is 3.87. The maximum Gasteiger partial charge on any atom is 0.337 e. The molecule has 0 aliphatic rings. The monoisotopic (exact) mass is 394 g/mol. The summed E-state index contributed by atoms with van der Waals surface area (Å²) in [6.07, 6.45) is 2.46. The Hall–Kier alpha value is -3.68. The summed E-state index contributed by atoms with van der Waals surface area (Å²) in [5, 5.41) is 5.58. The summed E-state index contributed by atoms with van der Waals surface area (Å²) in [7, 11) is 1.29. The number of ether oxygens (including phenoxy) is 1. The third-order valence-electron chi connectivity index (χ3n) is 4.50. The van der Waals surface area contributed by atoms with Gasteiger partial charge in [0.15, 0.2) is 5.69 Å². The molecule has 0 fully saturated rings. The van der Waals surface area contributed by atoms with Crippen molar-refractivity contribution >= 4 is 29.0 Å². The van der Waals surface area contributed by atoms with Crippen molar-refractivity contribution in [3.05, 3.63) is 65.7 Å². The molecule has 2 amide bonds. The molecule has 0 spiro atoms. The summed E-state index contributed by atoms with van der Waals surface area (Å²) >= 11 is 0. The third-order valence-corrected chi connectivity index (χ3v) is 4.50. The normalized spacial score (nSPS) is 11.7. The first kappa shape index (κ1) is 20.1. The highest BCUT2D eigenvalue weighted by atomic mass is 16.5. The number of benzene rings is 1. The van der Waals surface area contributed by atoms with Gasteiger partial charge in [-0.2, -0.15) is 0 Å². The first-order valence-corrected chi connectivity index (χ1v) is 9.22. The molecule has 8 heteroatoms. The fraction of sp³-hybridized carbons (Fsp3) is 0.238. The summed E-state index contributed by atoms with van der Waals surface area (Å²) < 4.78 is 6.28. The average Bonchev–Trinajstić information content (AvgIpc) is 3.13. The van der Waals surface area contributed by atoms with Crippen LogP contribution in [-0.4, -0.2) is 40.3 Å². The molecule has 0 saturated heterocycles. The Morgan fingerprint density at radius 3 is 2.66 bits per heavy atom. The maximum atomic E-state index is 12.9. The predicted octanol–water partition coefficient (Wildman–Crippen LogP) is 2.90. The van der Waals surface area contributed by atoms with Gasteiger partial charge in [0.25, 0.3) is 11.8 Å². The number of nitrogens with one attached hydrogen (secondary N) is 2. The summed E-state index contributed by atoms with van der Waals surface area (Å²) in [5.74, 6) is -1.21. The van der Waals surface area contributed by atoms with Crippen molar-refractivity contribution < 1.29 is 19.1 Å². The second-order valence-corrected chi connectivity index (χ2v) is 6.55. The lowest BCUT2D eigenvalue weighted by Gasteiger charge is -2.10. The van der Waals surface area contributed by atoms with Crippen molar-refractivity contribution in [3.63, 3.8) is 0 Å². The van der Waals surface area contributed by atoms with Gasteiger partial charge in [-0.1, -0.05) is 19.1 Å². The van der Waals surface area contributed by atoms with Crippen LogP contribution in [0, 0.1) is 0 Å². The minimum atomic E-state index is -0.502. The minimum absolute atomic E-state index is 0.0168. The van der Waals surface area contributed by atoms with Crippen molar-refractivity contribution in [2.24, 2.45) is 0 Å². The van der Waals surface area contributed by atoms with Gasteiger partial charge in [0.05, 0.1) is 18.2 Å². The third kappa shape index (κ3) is 4.26. The van der Waals surface area contributed by atoms with Crippen LogP contribution >= 0.6 is 0 Å². The van der Waals surface area contributed by atoms with Gasteiger partial charge in [-0.05, 0) is 43.7 Å². The van der Waals surface area contributed by atoms with Crippen LogP contribution in [0.3, 0.4) is 0 Å². The van der Waals surface area contributed by atoms with Crippen molar-refractivity contribution in [1.82, 2.24) is 14.7 Å². The Labute approximate surface area is 167 Å². The topological polar surface area (TPSA) is 102 Å². The number of methoxy groups -OCH3 is 1. The van der Waals surface area contributed by atoms with Crippen LogP contribution in [0.2, 0.25) is 0 Å². The zero-order valence-electron chi connectivity index (χ0n) is 16.4. The number of anilines is 1. The SMILES string of the molecule is CCC(C)NC(=O)c1nc(C(=O)Nc2cccc(C(=O)OC)c2)c2ccccn12. The molecule has 1 atom stereocenters. The van der Waals surface area contributed by atoms with Crippen molar-refractivity contribution in [2.75, 3.05) is 12.4 Å². The molecule has 29 heavy (non-hydrogen) atoms. The second-order valence-electron chi connectivity index (χ2n) is 6.55. The number of hydrogen-bond acceptors (Lipinski definition) is 5. The summed E-state index contributed by atoms with van der Waals surface area (Å²) in [6, 6.07) is 11.6. The van der Waals surface area contributed by atoms with Gasteiger partial charge in [0.1, 0.15) is 0 Å². The van der Waals surface area contributed by atoms with Gasteiger partial charge < -0.3 is 15.4 Å². The molecule has 3 aromatic rings. The largest absolute Gasteiger partial charge is 0.465 e. The van der Waals surface area contributed by atoms with Gasteiger partial charge in [-0.15, -0.1) is 0 Å². The van der Waals surface area contributed by atoms with Gasteiger partial charge in [0, 0.05) is 17.9 Å². The van der Waals surface area contributed by atoms with E-state index in [4.69, 9.17) is 4.74 Å². The van der Waals surface area contributed by atoms with E-state index in [9.17, 15) is 14.4 Å². The molecule has 0 radical (unpaired) electrons. The van der Waals surface area contributed by atoms with Crippen LogP contribution in [0.25, 0.3) is 5.52 Å². The molecule has 2 heterocycles. The van der Waals surface area contributed by atoms with Crippen LogP contribution in [0.5, 0.6) is 0 Å². The Balaban J connectivity index is 1.93. The number of carbonyl (C=O) groups is 3. The molecule has 0 bridgehead atoms. The summed E-state index contributed by atoms with van der Waals surface area (Å²) in [5.41, 5.74) is 1.35. The number of rotatable bonds is 6. The molecule has 2 aromatic heterocycles. The van der Waals surface area contributed by atoms with E-state index in [1.807, 2.05) is 13.8 Å². The van der Waals surface area contributed by atoms with Crippen molar-refractivity contribution in [2.45, 2.75) is 26.3 Å². The lowest BCUT2D eigenvalue weighted by atomic mass is 10.2. The number of esters is 1. The smallest absolute Gasteiger partial charge is 0.337 e. The fourth-order valence-electron chi connectivity index (χ4n) is 2.79. The number of nitrogens with zero attached hydrogens (tertiary/aromatic N) is 2. The minimum Gasteiger partial charge on any atom is -0.465 e. The Morgan fingerprint density at radius 1 is 1.14 bits per heavy atom. The Kier molecular flexibility index (Phi) is 5.92. The van der Waals surface area contributed by atoms with E-state index in [1.54, 1.807) is 47.0 Å². The number of pyridine rings is 1. The number of imidazole rings is 1. The number of hydrogen-bond donors (Lipinski definition) is 2. The molecular weight excluding hydrogens is 372 g/mol. The highest BCUT2D eigenvalue weighted by Crippen LogP contribution is 2.17. The van der Waals surface area contributed by atoms with Crippen LogP contribution < -0.4 is 10.6 Å². The van der Waals surface area contributed by atoms with E-state index in [0.717, 1.165) is 6.42 Å². The zero-order chi connectivity index (χ0) is 21.0. The molecule has 0 aliphatic heterocycles. The number of amides is 2. The van der Waals surface area contributed by atoms with Gasteiger partial charge >= 0.3 is 5.97 Å². The standard InChI is InChI=1S/C21H22N4O4/c1-4-13(2)22-20(27)18-24-17(16-10-5-6-11-25(16)18)19(26)23-15-9-7-8-14(12-15)21(28)29-3/h5-13H,4H2,1-3H3,(H,22,27)(H,23,26). The van der Waals surface area contributed by atoms with E-state index in [0.29, 0.717) is 16.8 Å². The van der Waals surface area contributed by atoms with Crippen LogP contribution in [0.1, 0.15) is 51.7 Å². The zero-order valence-corrected chi connectivity index (χ0v) is 16.4. The van der Waals surface area contributed by atoms with E-state index in [2.05, 4.69) is 15.6 Å². The van der Waals surface area contributed by atoms with Crippen LogP contribution in [0.15, 0.2) is 48.7 Å². The summed E-state index contributed by atoms with van der Waals surface area (Å²) in [4.78, 5) is 41.4. The molecule has 8 nitrogen and oxygen atoms in total. The molecule has 1 unspecified atom stereocenters. The molecule has 150 valence electrons. The van der Waals surface area contributed by atoms with Crippen LogP contribution in [-0.2, 0) is 4.74 Å². The molecular formula is C21H22N4O4. The van der Waals surface area contributed by atoms with Gasteiger partial charge in [-0.3, -0.25) is 14.0 Å². The van der Waals surface area contributed by atoms with Gasteiger partial charge in [0.2, 0.25) is 5.82 Å². The van der Waals surface area contributed by atoms with Gasteiger partial charge in [-0.25, -0.2) is 9.78 Å². The highest BCUT2D eigenvalue weighted by molar-refractivity contribution is 6.09. The fourth-order valence-corrected chi connectivity index (χ4v) is 2.79. The first-order valence-electron chi connectivity index (χ1n) is 9.22. The quantitative estimate of drug-likeness (QED) is 0.626. The molecule has 2 N–H and O–H groups in total. The number of fused-ring (bicyclic) bond motifs is 1. The lowest BCUT2D eigenvalue weighted by molar-refractivity contribution is 0.0600. The molecule has 1 aromatic carbocycles. The van der Waals surface area contributed by atoms with E-state index in [1.165, 1.54) is 13.2 Å². The highest BCUT2D eigenvalue weighted by Gasteiger charge is 2.22. The Bertz CT molecular complexity index is 1070. The average molecular weight is 394 g/mol.